The molecule has 0 bridgehead atoms. The molecule has 1 heterocycles. The monoisotopic (exact) mass is 497 g/mol. The molecule has 1 N–H and O–H groups in total. The highest BCUT2D eigenvalue weighted by molar-refractivity contribution is 7.14. The molecule has 2 rings (SSSR count). The van der Waals surface area contributed by atoms with E-state index >= 15 is 0 Å². The van der Waals surface area contributed by atoms with Gasteiger partial charge in [0.1, 0.15) is 4.88 Å². The summed E-state index contributed by atoms with van der Waals surface area (Å²) >= 11 is 1.09. The molecule has 34 heavy (non-hydrogen) atoms. The van der Waals surface area contributed by atoms with Crippen LogP contribution < -0.4 is 4.90 Å². The number of ether oxygens (including phenoxy) is 1. The third-order valence-corrected chi connectivity index (χ3v) is 7.43. The summed E-state index contributed by atoms with van der Waals surface area (Å²) in [5.74, 6) is -4.33. The first-order valence-corrected chi connectivity index (χ1v) is 12.6. The zero-order valence-electron chi connectivity index (χ0n) is 20.9. The number of amides is 1. The molecule has 0 radical (unpaired) electrons. The molecule has 0 spiro atoms. The van der Waals surface area contributed by atoms with Crippen molar-refractivity contribution >= 4 is 28.9 Å². The molecule has 1 aromatic rings. The van der Waals surface area contributed by atoms with Crippen LogP contribution in [0.4, 0.5) is 14.5 Å². The molecular formula is C26H37F2NO4S. The van der Waals surface area contributed by atoms with Crippen molar-refractivity contribution in [1.29, 1.82) is 0 Å². The van der Waals surface area contributed by atoms with Gasteiger partial charge in [0.05, 0.1) is 23.8 Å². The second-order valence-corrected chi connectivity index (χ2v) is 10.6. The first-order valence-electron chi connectivity index (χ1n) is 11.8. The Morgan fingerprint density at radius 2 is 1.74 bits per heavy atom. The highest BCUT2D eigenvalue weighted by Crippen LogP contribution is 2.45. The lowest BCUT2D eigenvalue weighted by Crippen LogP contribution is -2.41. The fraction of sp³-hybridized carbons (Fsp3) is 0.615. The molecule has 1 aliphatic carbocycles. The fourth-order valence-electron chi connectivity index (χ4n) is 3.97. The minimum absolute atomic E-state index is 0.0563. The molecule has 1 aliphatic rings. The second kappa shape index (κ2) is 12.1. The number of hydrogen-bond acceptors (Lipinski definition) is 4. The Hall–Kier alpha value is -2.06. The first-order chi connectivity index (χ1) is 15.9. The van der Waals surface area contributed by atoms with Crippen molar-refractivity contribution in [1.82, 2.24) is 0 Å². The summed E-state index contributed by atoms with van der Waals surface area (Å²) in [5.41, 5.74) is 0.321. The minimum Gasteiger partial charge on any atom is -0.477 e. The van der Waals surface area contributed by atoms with Crippen LogP contribution in [0.15, 0.2) is 30.4 Å². The number of carboxylic acid groups (broad SMARTS) is 1. The molecule has 0 aromatic carbocycles. The molecule has 3 unspecified atom stereocenters. The number of anilines is 1. The molecule has 1 aromatic heterocycles. The van der Waals surface area contributed by atoms with E-state index in [0.717, 1.165) is 16.2 Å². The van der Waals surface area contributed by atoms with Gasteiger partial charge in [-0.25, -0.2) is 13.6 Å². The maximum absolute atomic E-state index is 13.7. The van der Waals surface area contributed by atoms with E-state index in [9.17, 15) is 23.5 Å². The largest absolute Gasteiger partial charge is 0.477 e. The third kappa shape index (κ3) is 7.47. The van der Waals surface area contributed by atoms with Crippen LogP contribution in [-0.2, 0) is 9.53 Å². The Morgan fingerprint density at radius 3 is 2.26 bits per heavy atom. The number of allylic oxidation sites excluding steroid dienone is 1. The Bertz CT molecular complexity index is 899. The Labute approximate surface area is 205 Å². The number of aromatic carboxylic acids is 1. The number of carboxylic acids is 1. The molecule has 1 fully saturated rings. The molecule has 1 saturated carbocycles. The van der Waals surface area contributed by atoms with E-state index in [4.69, 9.17) is 4.74 Å². The normalized spacial score (nSPS) is 19.6. The summed E-state index contributed by atoms with van der Waals surface area (Å²) in [6.45, 7) is 9.53. The molecule has 1 amide bonds. The Balaban J connectivity index is 2.49. The van der Waals surface area contributed by atoms with Crippen molar-refractivity contribution in [2.75, 3.05) is 12.0 Å². The van der Waals surface area contributed by atoms with Crippen molar-refractivity contribution in [3.63, 3.8) is 0 Å². The average molecular weight is 498 g/mol. The van der Waals surface area contributed by atoms with Gasteiger partial charge in [-0.3, -0.25) is 4.79 Å². The summed E-state index contributed by atoms with van der Waals surface area (Å²) in [7, 11) is 1.59. The van der Waals surface area contributed by atoms with E-state index in [1.807, 2.05) is 52.0 Å². The number of carbonyl (C=O) groups is 2. The van der Waals surface area contributed by atoms with E-state index < -0.39 is 23.9 Å². The van der Waals surface area contributed by atoms with Crippen LogP contribution in [0.1, 0.15) is 80.8 Å². The lowest BCUT2D eigenvalue weighted by Gasteiger charge is -2.30. The van der Waals surface area contributed by atoms with Crippen LogP contribution in [0.3, 0.4) is 0 Å². The summed E-state index contributed by atoms with van der Waals surface area (Å²) in [4.78, 5) is 28.1. The van der Waals surface area contributed by atoms with Gasteiger partial charge in [-0.05, 0) is 44.6 Å². The van der Waals surface area contributed by atoms with Gasteiger partial charge in [0, 0.05) is 24.8 Å². The van der Waals surface area contributed by atoms with Crippen LogP contribution in [0.25, 0.3) is 0 Å². The van der Waals surface area contributed by atoms with Crippen LogP contribution in [-0.4, -0.2) is 42.2 Å². The van der Waals surface area contributed by atoms with Crippen molar-refractivity contribution in [3.8, 4) is 0 Å². The third-order valence-electron chi connectivity index (χ3n) is 6.16. The van der Waals surface area contributed by atoms with Gasteiger partial charge in [-0.2, -0.15) is 0 Å². The van der Waals surface area contributed by atoms with Gasteiger partial charge in [-0.1, -0.05) is 45.1 Å². The molecular weight excluding hydrogens is 460 g/mol. The molecule has 8 heteroatoms. The van der Waals surface area contributed by atoms with Crippen molar-refractivity contribution in [2.45, 2.75) is 84.3 Å². The second-order valence-electron chi connectivity index (χ2n) is 9.49. The summed E-state index contributed by atoms with van der Waals surface area (Å²) in [6.07, 6.45) is 7.47. The molecule has 0 saturated heterocycles. The van der Waals surface area contributed by atoms with Gasteiger partial charge in [0.15, 0.2) is 0 Å². The average Bonchev–Trinajstić information content (AvgIpc) is 3.20. The number of hydrogen-bond donors (Lipinski definition) is 1. The Morgan fingerprint density at radius 1 is 1.12 bits per heavy atom. The van der Waals surface area contributed by atoms with Crippen LogP contribution in [0, 0.1) is 11.8 Å². The van der Waals surface area contributed by atoms with Gasteiger partial charge in [-0.15, -0.1) is 11.3 Å². The summed E-state index contributed by atoms with van der Waals surface area (Å²) in [5, 5.41) is 9.94. The fourth-order valence-corrected chi connectivity index (χ4v) is 5.13. The zero-order chi connectivity index (χ0) is 25.6. The molecule has 3 atom stereocenters. The maximum atomic E-state index is 13.7. The Kier molecular flexibility index (Phi) is 10.0. The van der Waals surface area contributed by atoms with Gasteiger partial charge < -0.3 is 14.7 Å². The molecule has 0 aliphatic heterocycles. The highest BCUT2D eigenvalue weighted by atomic mass is 32.1. The van der Waals surface area contributed by atoms with E-state index in [1.54, 1.807) is 20.1 Å². The van der Waals surface area contributed by atoms with E-state index in [1.165, 1.54) is 4.90 Å². The van der Waals surface area contributed by atoms with E-state index in [-0.39, 0.29) is 41.6 Å². The topological polar surface area (TPSA) is 66.8 Å². The number of halogens is 2. The first kappa shape index (κ1) is 28.2. The predicted molar refractivity (Wildman–Crippen MR) is 133 cm³/mol. The lowest BCUT2D eigenvalue weighted by molar-refractivity contribution is -0.120. The van der Waals surface area contributed by atoms with E-state index in [2.05, 4.69) is 0 Å². The molecule has 190 valence electrons. The van der Waals surface area contributed by atoms with Crippen LogP contribution in [0.5, 0.6) is 0 Å². The number of rotatable bonds is 10. The number of methoxy groups -OCH3 is 1. The highest BCUT2D eigenvalue weighted by Gasteiger charge is 2.37. The van der Waals surface area contributed by atoms with Crippen LogP contribution in [0.2, 0.25) is 0 Å². The quantitative estimate of drug-likeness (QED) is 0.357. The molecule has 5 nitrogen and oxygen atoms in total. The van der Waals surface area contributed by atoms with Gasteiger partial charge in [0.25, 0.3) is 0 Å². The number of nitrogens with zero attached hydrogens (tertiary/aromatic N) is 1. The maximum Gasteiger partial charge on any atom is 0.348 e. The minimum atomic E-state index is -2.66. The van der Waals surface area contributed by atoms with E-state index in [0.29, 0.717) is 18.5 Å². The standard InChI is InChI=1S/C26H37F2NO4S/c1-16(2)7-8-17(3)24(30)29(18(4)9-10-19(5)33-6)21-15-22(34-23(21)25(31)32)20-11-13-26(27,28)14-12-20/h7-10,15-20H,11-14H2,1-6H3,(H,31,32)/b8-7+,10-9+. The predicted octanol–water partition coefficient (Wildman–Crippen LogP) is 6.90. The van der Waals surface area contributed by atoms with Crippen molar-refractivity contribution in [2.24, 2.45) is 11.8 Å². The number of thiophene rings is 1. The summed E-state index contributed by atoms with van der Waals surface area (Å²) < 4.78 is 32.6. The van der Waals surface area contributed by atoms with Gasteiger partial charge in [0.2, 0.25) is 11.8 Å². The smallest absolute Gasteiger partial charge is 0.348 e. The van der Waals surface area contributed by atoms with Gasteiger partial charge >= 0.3 is 5.97 Å². The summed E-state index contributed by atoms with van der Waals surface area (Å²) in [6, 6.07) is 1.29. The van der Waals surface area contributed by atoms with Crippen molar-refractivity contribution in [3.05, 3.63) is 40.1 Å². The van der Waals surface area contributed by atoms with Crippen molar-refractivity contribution < 1.29 is 28.2 Å². The lowest BCUT2D eigenvalue weighted by atomic mass is 9.86. The number of carbonyl (C=O) groups excluding carboxylic acids is 1. The number of alkyl halides is 2. The SMILES string of the molecule is COC(C)/C=C/C(C)N(C(=O)C(C)/C=C/C(C)C)c1cc(C2CCC(F)(F)CC2)sc1C(=O)O. The zero-order valence-corrected chi connectivity index (χ0v) is 21.7. The van der Waals surface area contributed by atoms with Crippen LogP contribution >= 0.6 is 11.3 Å².